The van der Waals surface area contributed by atoms with Gasteiger partial charge < -0.3 is 9.80 Å². The van der Waals surface area contributed by atoms with Gasteiger partial charge in [-0.2, -0.15) is 5.10 Å². The number of aryl methyl sites for hydroxylation is 1. The molecule has 1 atom stereocenters. The number of hydrogen-bond acceptors (Lipinski definition) is 4. The number of hydrogen-bond donors (Lipinski definition) is 1. The second-order valence-electron chi connectivity index (χ2n) is 6.96. The van der Waals surface area contributed by atoms with Crippen LogP contribution in [0.15, 0.2) is 24.3 Å². The summed E-state index contributed by atoms with van der Waals surface area (Å²) < 4.78 is 0. The topological polar surface area (TPSA) is 65.1 Å². The minimum absolute atomic E-state index is 0.317. The fourth-order valence-corrected chi connectivity index (χ4v) is 3.98. The highest BCUT2D eigenvalue weighted by Gasteiger charge is 2.30. The van der Waals surface area contributed by atoms with E-state index in [1.165, 1.54) is 11.3 Å². The van der Waals surface area contributed by atoms with Crippen molar-refractivity contribution < 1.29 is 4.79 Å². The molecule has 6 heteroatoms. The van der Waals surface area contributed by atoms with Crippen molar-refractivity contribution in [1.29, 1.82) is 0 Å². The van der Waals surface area contributed by atoms with Crippen molar-refractivity contribution in [3.63, 3.8) is 0 Å². The van der Waals surface area contributed by atoms with Gasteiger partial charge in [-0.3, -0.25) is 9.89 Å². The Morgan fingerprint density at radius 3 is 2.92 bits per heavy atom. The first-order chi connectivity index (χ1) is 12.2. The van der Waals surface area contributed by atoms with Gasteiger partial charge in [0.1, 0.15) is 5.82 Å². The van der Waals surface area contributed by atoms with Crippen LogP contribution in [0.5, 0.6) is 0 Å². The van der Waals surface area contributed by atoms with Gasteiger partial charge in [-0.1, -0.05) is 25.1 Å². The molecule has 0 radical (unpaired) electrons. The van der Waals surface area contributed by atoms with Crippen LogP contribution in [-0.4, -0.2) is 45.6 Å². The Hall–Kier alpha value is -2.37. The number of carbonyl (C=O) groups excluding carboxylic acids is 1. The van der Waals surface area contributed by atoms with E-state index < -0.39 is 0 Å². The number of nitrogens with one attached hydrogen (secondary N) is 1. The quantitative estimate of drug-likeness (QED) is 0.878. The summed E-state index contributed by atoms with van der Waals surface area (Å²) in [5.41, 5.74) is 2.68. The molecule has 0 saturated carbocycles. The lowest BCUT2D eigenvalue weighted by Crippen LogP contribution is -2.28. The number of amides is 1. The van der Waals surface area contributed by atoms with Gasteiger partial charge in [0.25, 0.3) is 0 Å². The second-order valence-corrected chi connectivity index (χ2v) is 6.96. The summed E-state index contributed by atoms with van der Waals surface area (Å²) >= 11 is 0. The van der Waals surface area contributed by atoms with Crippen molar-refractivity contribution in [3.05, 3.63) is 41.5 Å². The number of para-hydroxylation sites is 1. The molecule has 4 rings (SSSR count). The summed E-state index contributed by atoms with van der Waals surface area (Å²) in [6, 6.07) is 8.62. The third-order valence-corrected chi connectivity index (χ3v) is 5.31. The maximum absolute atomic E-state index is 11.9. The zero-order valence-electron chi connectivity index (χ0n) is 14.7. The molecule has 0 bridgehead atoms. The first-order valence-electron chi connectivity index (χ1n) is 9.26. The Morgan fingerprint density at radius 2 is 2.16 bits per heavy atom. The zero-order valence-corrected chi connectivity index (χ0v) is 14.7. The number of carbonyl (C=O) groups is 1. The Labute approximate surface area is 148 Å². The molecule has 1 fully saturated rings. The summed E-state index contributed by atoms with van der Waals surface area (Å²) in [6.07, 6.45) is 3.60. The number of nitrogens with zero attached hydrogens (tertiary/aromatic N) is 4. The third kappa shape index (κ3) is 3.25. The van der Waals surface area contributed by atoms with Gasteiger partial charge in [0.2, 0.25) is 5.91 Å². The molecule has 3 heterocycles. The summed E-state index contributed by atoms with van der Waals surface area (Å²) in [5, 5.41) is 7.30. The van der Waals surface area contributed by atoms with Gasteiger partial charge in [-0.15, -0.1) is 0 Å². The fraction of sp³-hybridized carbons (Fsp3) is 0.526. The number of anilines is 1. The smallest absolute Gasteiger partial charge is 0.222 e. The molecule has 1 amide bonds. The van der Waals surface area contributed by atoms with Gasteiger partial charge in [-0.25, -0.2) is 4.98 Å². The molecular weight excluding hydrogens is 314 g/mol. The average molecular weight is 339 g/mol. The molecule has 6 nitrogen and oxygen atoms in total. The molecule has 1 N–H and O–H groups in total. The van der Waals surface area contributed by atoms with Crippen molar-refractivity contribution in [1.82, 2.24) is 20.1 Å². The lowest BCUT2D eigenvalue weighted by Gasteiger charge is -2.20. The number of H-pyrrole nitrogens is 1. The zero-order chi connectivity index (χ0) is 17.2. The minimum Gasteiger partial charge on any atom is -0.363 e. The molecule has 2 aromatic rings. The van der Waals surface area contributed by atoms with Crippen LogP contribution in [-0.2, 0) is 17.8 Å². The monoisotopic (exact) mass is 339 g/mol. The molecule has 0 unspecified atom stereocenters. The normalized spacial score (nSPS) is 19.7. The fourth-order valence-electron chi connectivity index (χ4n) is 3.98. The lowest BCUT2D eigenvalue weighted by molar-refractivity contribution is -0.127. The molecule has 2 aliphatic rings. The van der Waals surface area contributed by atoms with E-state index >= 15 is 0 Å². The van der Waals surface area contributed by atoms with Crippen molar-refractivity contribution in [2.24, 2.45) is 0 Å². The average Bonchev–Trinajstić information content (AvgIpc) is 3.33. The first-order valence-corrected chi connectivity index (χ1v) is 9.26. The molecule has 1 aromatic carbocycles. The van der Waals surface area contributed by atoms with Gasteiger partial charge in [0.05, 0.1) is 6.54 Å². The van der Waals surface area contributed by atoms with Crippen LogP contribution in [0, 0.1) is 0 Å². The Kier molecular flexibility index (Phi) is 4.42. The number of benzene rings is 1. The number of rotatable bonds is 6. The number of likely N-dealkylation sites (tertiary alicyclic amines) is 1. The largest absolute Gasteiger partial charge is 0.363 e. The Bertz CT molecular complexity index is 756. The predicted molar refractivity (Wildman–Crippen MR) is 96.4 cm³/mol. The Morgan fingerprint density at radius 1 is 1.28 bits per heavy atom. The molecule has 1 saturated heterocycles. The van der Waals surface area contributed by atoms with Crippen LogP contribution in [0.3, 0.4) is 0 Å². The standard InChI is InChI=1S/C19H25N5O/c1-2-17-20-18(22-21-17)13-24-12-14(15-6-3-4-7-16(15)24)9-11-23-10-5-8-19(23)25/h3-4,6-7,14H,2,5,8-13H2,1H3,(H,20,21,22)/t14-/m1/s1. The molecule has 0 aliphatic carbocycles. The highest BCUT2D eigenvalue weighted by atomic mass is 16.2. The van der Waals surface area contributed by atoms with E-state index in [-0.39, 0.29) is 0 Å². The van der Waals surface area contributed by atoms with Crippen LogP contribution in [0.1, 0.15) is 49.3 Å². The first kappa shape index (κ1) is 16.1. The van der Waals surface area contributed by atoms with E-state index in [0.29, 0.717) is 11.8 Å². The molecular formula is C19H25N5O. The van der Waals surface area contributed by atoms with Gasteiger partial charge in [-0.05, 0) is 24.5 Å². The second kappa shape index (κ2) is 6.86. The number of fused-ring (bicyclic) bond motifs is 1. The summed E-state index contributed by atoms with van der Waals surface area (Å²) in [6.45, 7) is 5.59. The molecule has 132 valence electrons. The van der Waals surface area contributed by atoms with Gasteiger partial charge in [0.15, 0.2) is 5.82 Å². The highest BCUT2D eigenvalue weighted by molar-refractivity contribution is 5.78. The molecule has 2 aliphatic heterocycles. The number of aromatic amines is 1. The molecule has 1 aromatic heterocycles. The van der Waals surface area contributed by atoms with Crippen LogP contribution in [0.2, 0.25) is 0 Å². The molecule has 0 spiro atoms. The van der Waals surface area contributed by atoms with E-state index in [2.05, 4.69) is 51.3 Å². The summed E-state index contributed by atoms with van der Waals surface area (Å²) in [4.78, 5) is 20.8. The van der Waals surface area contributed by atoms with Crippen LogP contribution in [0.4, 0.5) is 5.69 Å². The third-order valence-electron chi connectivity index (χ3n) is 5.31. The van der Waals surface area contributed by atoms with Gasteiger partial charge >= 0.3 is 0 Å². The van der Waals surface area contributed by atoms with E-state index in [1.807, 2.05) is 4.90 Å². The van der Waals surface area contributed by atoms with Crippen LogP contribution in [0.25, 0.3) is 0 Å². The summed E-state index contributed by atoms with van der Waals surface area (Å²) in [5.74, 6) is 2.57. The van der Waals surface area contributed by atoms with Crippen LogP contribution < -0.4 is 4.90 Å². The Balaban J connectivity index is 1.46. The van der Waals surface area contributed by atoms with E-state index in [1.54, 1.807) is 0 Å². The minimum atomic E-state index is 0.317. The maximum Gasteiger partial charge on any atom is 0.222 e. The van der Waals surface area contributed by atoms with Crippen molar-refractivity contribution >= 4 is 11.6 Å². The van der Waals surface area contributed by atoms with E-state index in [4.69, 9.17) is 0 Å². The van der Waals surface area contributed by atoms with Crippen molar-refractivity contribution in [2.45, 2.75) is 45.1 Å². The van der Waals surface area contributed by atoms with Crippen molar-refractivity contribution in [2.75, 3.05) is 24.5 Å². The van der Waals surface area contributed by atoms with Gasteiger partial charge in [0, 0.05) is 44.1 Å². The van der Waals surface area contributed by atoms with E-state index in [9.17, 15) is 4.79 Å². The SMILES string of the molecule is CCc1n[nH]c(CN2C[C@@H](CCN3CCCC3=O)c3ccccc32)n1. The predicted octanol–water partition coefficient (Wildman–Crippen LogP) is 2.48. The van der Waals surface area contributed by atoms with Crippen molar-refractivity contribution in [3.8, 4) is 0 Å². The van der Waals surface area contributed by atoms with Crippen LogP contribution >= 0.6 is 0 Å². The lowest BCUT2D eigenvalue weighted by atomic mass is 9.98. The molecule has 25 heavy (non-hydrogen) atoms. The number of aromatic nitrogens is 3. The summed E-state index contributed by atoms with van der Waals surface area (Å²) in [7, 11) is 0. The maximum atomic E-state index is 11.9. The van der Waals surface area contributed by atoms with E-state index in [0.717, 1.165) is 63.5 Å². The highest BCUT2D eigenvalue weighted by Crippen LogP contribution is 2.38.